The van der Waals surface area contributed by atoms with Crippen LogP contribution in [0.15, 0.2) is 0 Å². The van der Waals surface area contributed by atoms with Gasteiger partial charge in [0.2, 0.25) is 0 Å². The second-order valence-corrected chi connectivity index (χ2v) is 3.29. The van der Waals surface area contributed by atoms with Crippen molar-refractivity contribution in [2.24, 2.45) is 5.92 Å². The molecular weight excluding hydrogens is 217 g/mol. The van der Waals surface area contributed by atoms with Crippen LogP contribution < -0.4 is 0 Å². The van der Waals surface area contributed by atoms with Gasteiger partial charge in [-0.05, 0) is 12.8 Å². The van der Waals surface area contributed by atoms with Gasteiger partial charge in [-0.15, -0.1) is 0 Å². The van der Waals surface area contributed by atoms with E-state index in [-0.39, 0.29) is 25.4 Å². The molecule has 3 heteroatoms. The topological polar surface area (TPSA) is 37.3 Å². The van der Waals surface area contributed by atoms with Crippen molar-refractivity contribution in [3.05, 3.63) is 0 Å². The quantitative estimate of drug-likeness (QED) is 0.546. The fourth-order valence-corrected chi connectivity index (χ4v) is 1.32. The van der Waals surface area contributed by atoms with E-state index < -0.39 is 5.97 Å². The molecule has 0 aromatic heterocycles. The van der Waals surface area contributed by atoms with Gasteiger partial charge < -0.3 is 5.11 Å². The first kappa shape index (κ1) is 15.6. The zero-order valence-corrected chi connectivity index (χ0v) is 11.8. The molecule has 0 radical (unpaired) electrons. The Hall–Kier alpha value is 0.0934. The van der Waals surface area contributed by atoms with Crippen LogP contribution in [-0.4, -0.2) is 11.1 Å². The van der Waals surface area contributed by atoms with Gasteiger partial charge in [-0.3, -0.25) is 4.79 Å². The number of rotatable bonds is 7. The van der Waals surface area contributed by atoms with Crippen LogP contribution in [-0.2, 0) is 24.3 Å². The van der Waals surface area contributed by atoms with Crippen molar-refractivity contribution in [1.82, 2.24) is 0 Å². The summed E-state index contributed by atoms with van der Waals surface area (Å²) in [6.07, 6.45) is 6.31. The van der Waals surface area contributed by atoms with E-state index in [1.807, 2.05) is 6.92 Å². The van der Waals surface area contributed by atoms with Crippen molar-refractivity contribution >= 4 is 5.97 Å². The molecule has 1 unspecified atom stereocenters. The summed E-state index contributed by atoms with van der Waals surface area (Å²) in [7, 11) is 0. The fraction of sp³-hybridized carbons (Fsp3) is 0.900. The molecule has 0 rings (SSSR count). The third kappa shape index (κ3) is 8.42. The van der Waals surface area contributed by atoms with E-state index in [1.165, 1.54) is 19.3 Å². The minimum absolute atomic E-state index is 0. The average Bonchev–Trinajstić information content (AvgIpc) is 2.04. The van der Waals surface area contributed by atoms with E-state index in [9.17, 15) is 4.79 Å². The van der Waals surface area contributed by atoms with Crippen LogP contribution in [0, 0.1) is 5.92 Å². The van der Waals surface area contributed by atoms with Crippen LogP contribution >= 0.6 is 0 Å². The van der Waals surface area contributed by atoms with Crippen molar-refractivity contribution < 1.29 is 29.4 Å². The molecular formula is C10H20O2Zn. The maximum atomic E-state index is 10.6. The Balaban J connectivity index is 0. The van der Waals surface area contributed by atoms with E-state index in [0.717, 1.165) is 19.3 Å². The maximum absolute atomic E-state index is 10.6. The molecule has 0 saturated heterocycles. The molecule has 0 aromatic rings. The van der Waals surface area contributed by atoms with Crippen molar-refractivity contribution in [2.75, 3.05) is 0 Å². The number of aliphatic carboxylic acids is 1. The predicted octanol–water partition coefficient (Wildman–Crippen LogP) is 3.07. The summed E-state index contributed by atoms with van der Waals surface area (Å²) in [5.41, 5.74) is 0. The first-order chi connectivity index (χ1) is 5.72. The Labute approximate surface area is 93.9 Å². The maximum Gasteiger partial charge on any atom is 0.306 e. The van der Waals surface area contributed by atoms with Crippen molar-refractivity contribution in [3.8, 4) is 0 Å². The van der Waals surface area contributed by atoms with E-state index in [4.69, 9.17) is 5.11 Å². The predicted molar refractivity (Wildman–Crippen MR) is 50.2 cm³/mol. The molecule has 0 aliphatic rings. The van der Waals surface area contributed by atoms with Crippen molar-refractivity contribution in [3.63, 3.8) is 0 Å². The second-order valence-electron chi connectivity index (χ2n) is 3.29. The van der Waals surface area contributed by atoms with Gasteiger partial charge in [-0.1, -0.05) is 39.5 Å². The molecule has 0 saturated carbocycles. The molecule has 0 aromatic carbocycles. The van der Waals surface area contributed by atoms with Crippen LogP contribution in [0.1, 0.15) is 52.4 Å². The minimum atomic E-state index is -0.631. The summed E-state index contributed by atoms with van der Waals surface area (Å²) in [6.45, 7) is 4.10. The number of carboxylic acid groups (broad SMARTS) is 1. The zero-order chi connectivity index (χ0) is 9.40. The van der Waals surface area contributed by atoms with Crippen LogP contribution in [0.25, 0.3) is 0 Å². The number of carboxylic acids is 1. The summed E-state index contributed by atoms with van der Waals surface area (Å²) in [4.78, 5) is 10.6. The molecule has 1 atom stereocenters. The van der Waals surface area contributed by atoms with Gasteiger partial charge in [0, 0.05) is 19.5 Å². The van der Waals surface area contributed by atoms with Gasteiger partial charge in [0.05, 0.1) is 5.92 Å². The Kier molecular flexibility index (Phi) is 12.2. The molecule has 2 nitrogen and oxygen atoms in total. The first-order valence-electron chi connectivity index (χ1n) is 4.95. The Morgan fingerprint density at radius 1 is 1.23 bits per heavy atom. The molecule has 0 fully saturated rings. The molecule has 1 N–H and O–H groups in total. The largest absolute Gasteiger partial charge is 0.481 e. The van der Waals surface area contributed by atoms with Crippen molar-refractivity contribution in [2.45, 2.75) is 52.4 Å². The monoisotopic (exact) mass is 236 g/mol. The van der Waals surface area contributed by atoms with Gasteiger partial charge in [-0.2, -0.15) is 0 Å². The van der Waals surface area contributed by atoms with Gasteiger partial charge in [0.25, 0.3) is 0 Å². The smallest absolute Gasteiger partial charge is 0.306 e. The molecule has 0 amide bonds. The molecule has 0 spiro atoms. The Bertz CT molecular complexity index is 126. The van der Waals surface area contributed by atoms with Crippen LogP contribution in [0.2, 0.25) is 0 Å². The second kappa shape index (κ2) is 10.2. The standard InChI is InChI=1S/C10H20O2.Zn/c1-3-5-6-7-8-9(4-2)10(11)12;/h9H,3-8H2,1-2H3,(H,11,12);. The molecule has 0 bridgehead atoms. The van der Waals surface area contributed by atoms with Gasteiger partial charge in [-0.25, -0.2) is 0 Å². The normalized spacial score (nSPS) is 11.8. The van der Waals surface area contributed by atoms with Crippen LogP contribution in [0.5, 0.6) is 0 Å². The van der Waals surface area contributed by atoms with E-state index in [1.54, 1.807) is 0 Å². The van der Waals surface area contributed by atoms with Gasteiger partial charge >= 0.3 is 5.97 Å². The van der Waals surface area contributed by atoms with E-state index >= 15 is 0 Å². The summed E-state index contributed by atoms with van der Waals surface area (Å²) in [5, 5.41) is 8.73. The fourth-order valence-electron chi connectivity index (χ4n) is 1.32. The zero-order valence-electron chi connectivity index (χ0n) is 8.88. The van der Waals surface area contributed by atoms with Crippen LogP contribution in [0.4, 0.5) is 0 Å². The molecule has 0 aliphatic carbocycles. The molecule has 13 heavy (non-hydrogen) atoms. The number of unbranched alkanes of at least 4 members (excludes halogenated alkanes) is 3. The summed E-state index contributed by atoms with van der Waals surface area (Å²) < 4.78 is 0. The average molecular weight is 238 g/mol. The molecule has 0 heterocycles. The summed E-state index contributed by atoms with van der Waals surface area (Å²) in [6, 6.07) is 0. The molecule has 74 valence electrons. The number of carbonyl (C=O) groups is 1. The minimum Gasteiger partial charge on any atom is -0.481 e. The SMILES string of the molecule is CCCCCCC(CC)C(=O)O.[Zn]. The first-order valence-corrected chi connectivity index (χ1v) is 4.95. The Morgan fingerprint density at radius 3 is 2.23 bits per heavy atom. The van der Waals surface area contributed by atoms with E-state index in [2.05, 4.69) is 6.92 Å². The van der Waals surface area contributed by atoms with Gasteiger partial charge in [0.15, 0.2) is 0 Å². The van der Waals surface area contributed by atoms with Gasteiger partial charge in [0.1, 0.15) is 0 Å². The third-order valence-electron chi connectivity index (χ3n) is 2.25. The third-order valence-corrected chi connectivity index (χ3v) is 2.25. The van der Waals surface area contributed by atoms with Crippen molar-refractivity contribution in [1.29, 1.82) is 0 Å². The molecule has 0 aliphatic heterocycles. The summed E-state index contributed by atoms with van der Waals surface area (Å²) in [5.74, 6) is -0.740. The van der Waals surface area contributed by atoms with E-state index in [0.29, 0.717) is 0 Å². The Morgan fingerprint density at radius 2 is 1.85 bits per heavy atom. The van der Waals surface area contributed by atoms with Crippen LogP contribution in [0.3, 0.4) is 0 Å². The number of hydrogen-bond acceptors (Lipinski definition) is 1. The summed E-state index contributed by atoms with van der Waals surface area (Å²) >= 11 is 0. The number of hydrogen-bond donors (Lipinski definition) is 1.